The fourth-order valence-corrected chi connectivity index (χ4v) is 10.3. The van der Waals surface area contributed by atoms with Crippen LogP contribution in [0.3, 0.4) is 0 Å². The van der Waals surface area contributed by atoms with Gasteiger partial charge >= 0.3 is 0 Å². The summed E-state index contributed by atoms with van der Waals surface area (Å²) in [5.41, 5.74) is 16.1. The minimum Gasteiger partial charge on any atom is -0.310 e. The molecule has 0 aromatic heterocycles. The lowest BCUT2D eigenvalue weighted by Crippen LogP contribution is -2.29. The Hall–Kier alpha value is -6.18. The van der Waals surface area contributed by atoms with E-state index in [2.05, 4.69) is 214 Å². The Morgan fingerprint density at radius 1 is 0.483 bits per heavy atom. The highest BCUT2D eigenvalue weighted by atomic mass is 15.1. The number of fused-ring (bicyclic) bond motifs is 4. The maximum atomic E-state index is 2.54. The van der Waals surface area contributed by atoms with Crippen LogP contribution in [-0.4, -0.2) is 0 Å². The first-order valence-corrected chi connectivity index (χ1v) is 21.3. The molecule has 1 fully saturated rings. The fourth-order valence-electron chi connectivity index (χ4n) is 10.3. The Bertz CT molecular complexity index is 2680. The third-order valence-corrected chi connectivity index (χ3v) is 13.0. The number of rotatable bonds is 7. The molecule has 10 rings (SSSR count). The molecule has 8 aromatic carbocycles. The maximum Gasteiger partial charge on any atom is 0.0714 e. The van der Waals surface area contributed by atoms with Gasteiger partial charge in [0.15, 0.2) is 0 Å². The van der Waals surface area contributed by atoms with E-state index < -0.39 is 5.41 Å². The maximum absolute atomic E-state index is 2.54. The van der Waals surface area contributed by atoms with Gasteiger partial charge in [-0.2, -0.15) is 0 Å². The molecule has 0 unspecified atom stereocenters. The summed E-state index contributed by atoms with van der Waals surface area (Å²) in [6, 6.07) is 70.9. The molecule has 0 bridgehead atoms. The summed E-state index contributed by atoms with van der Waals surface area (Å²) in [5, 5.41) is 2.47. The van der Waals surface area contributed by atoms with Gasteiger partial charge in [0.1, 0.15) is 0 Å². The van der Waals surface area contributed by atoms with Crippen LogP contribution in [0.15, 0.2) is 188 Å². The quantitative estimate of drug-likeness (QED) is 0.157. The van der Waals surface area contributed by atoms with Crippen LogP contribution in [0.25, 0.3) is 33.0 Å². The molecule has 0 aliphatic heterocycles. The van der Waals surface area contributed by atoms with Gasteiger partial charge in [-0.15, -0.1) is 0 Å². The van der Waals surface area contributed by atoms with E-state index in [9.17, 15) is 0 Å². The predicted molar refractivity (Wildman–Crippen MR) is 246 cm³/mol. The minimum atomic E-state index is -0.521. The van der Waals surface area contributed by atoms with E-state index in [4.69, 9.17) is 0 Å². The molecule has 2 aliphatic carbocycles. The normalized spacial score (nSPS) is 14.9. The Morgan fingerprint density at radius 3 is 1.71 bits per heavy atom. The van der Waals surface area contributed by atoms with Gasteiger partial charge in [-0.05, 0) is 121 Å². The van der Waals surface area contributed by atoms with Crippen LogP contribution in [0.2, 0.25) is 0 Å². The van der Waals surface area contributed by atoms with E-state index in [-0.39, 0.29) is 5.41 Å². The van der Waals surface area contributed by atoms with Crippen LogP contribution in [0.1, 0.15) is 92.2 Å². The number of hydrogen-bond acceptors (Lipinski definition) is 1. The molecule has 0 spiro atoms. The highest BCUT2D eigenvalue weighted by Gasteiger charge is 2.48. The van der Waals surface area contributed by atoms with Crippen molar-refractivity contribution < 1.29 is 0 Å². The second kappa shape index (κ2) is 14.6. The fraction of sp³-hybridized carbons (Fsp3) is 0.193. The summed E-state index contributed by atoms with van der Waals surface area (Å²) in [5.74, 6) is 0.643. The summed E-state index contributed by atoms with van der Waals surface area (Å²) < 4.78 is 0. The average Bonchev–Trinajstić information content (AvgIpc) is 3.58. The highest BCUT2D eigenvalue weighted by molar-refractivity contribution is 5.99. The van der Waals surface area contributed by atoms with Crippen molar-refractivity contribution in [1.82, 2.24) is 0 Å². The molecule has 0 saturated heterocycles. The molecule has 0 N–H and O–H groups in total. The van der Waals surface area contributed by atoms with E-state index in [1.165, 1.54) is 110 Å². The smallest absolute Gasteiger partial charge is 0.0714 e. The largest absolute Gasteiger partial charge is 0.310 e. The second-order valence-electron chi connectivity index (χ2n) is 17.5. The average molecular weight is 750 g/mol. The molecule has 1 saturated carbocycles. The van der Waals surface area contributed by atoms with E-state index in [0.717, 1.165) is 5.69 Å². The third kappa shape index (κ3) is 6.07. The van der Waals surface area contributed by atoms with E-state index >= 15 is 0 Å². The first kappa shape index (κ1) is 36.2. The lowest BCUT2D eigenvalue weighted by Gasteiger charge is -2.35. The Morgan fingerprint density at radius 2 is 1.07 bits per heavy atom. The van der Waals surface area contributed by atoms with Gasteiger partial charge in [0.25, 0.3) is 0 Å². The van der Waals surface area contributed by atoms with Crippen LogP contribution < -0.4 is 4.90 Å². The first-order valence-electron chi connectivity index (χ1n) is 21.3. The lowest BCUT2D eigenvalue weighted by atomic mass is 9.67. The summed E-state index contributed by atoms with van der Waals surface area (Å²) in [4.78, 5) is 2.54. The molecule has 58 heavy (non-hydrogen) atoms. The van der Waals surface area contributed by atoms with Gasteiger partial charge in [-0.1, -0.05) is 192 Å². The summed E-state index contributed by atoms with van der Waals surface area (Å²) in [6.07, 6.45) is 6.59. The highest BCUT2D eigenvalue weighted by Crippen LogP contribution is 2.59. The molecular weight excluding hydrogens is 699 g/mol. The molecule has 0 heterocycles. The lowest BCUT2D eigenvalue weighted by molar-refractivity contribution is 0.443. The SMILES string of the molecule is CC(C)(C)c1cccc2c1-c1ccc(N(c3ccc(C4CCCCC4)cc3)c3cc4ccccc4cc3-c3ccccc3)cc1C2(c1ccccc1)c1ccccc1. The molecule has 1 nitrogen and oxygen atoms in total. The molecule has 0 amide bonds. The van der Waals surface area contributed by atoms with Crippen molar-refractivity contribution in [2.45, 2.75) is 69.6 Å². The monoisotopic (exact) mass is 749 g/mol. The van der Waals surface area contributed by atoms with Crippen LogP contribution >= 0.6 is 0 Å². The number of benzene rings is 8. The van der Waals surface area contributed by atoms with E-state index in [0.29, 0.717) is 5.92 Å². The number of hydrogen-bond donors (Lipinski definition) is 0. The number of anilines is 3. The van der Waals surface area contributed by atoms with Crippen molar-refractivity contribution in [3.63, 3.8) is 0 Å². The second-order valence-corrected chi connectivity index (χ2v) is 17.5. The van der Waals surface area contributed by atoms with Crippen molar-refractivity contribution in [2.24, 2.45) is 0 Å². The Kier molecular flexibility index (Phi) is 9.13. The van der Waals surface area contributed by atoms with Gasteiger partial charge in [0.2, 0.25) is 0 Å². The van der Waals surface area contributed by atoms with Crippen molar-refractivity contribution in [2.75, 3.05) is 4.90 Å². The molecule has 8 aromatic rings. The minimum absolute atomic E-state index is 0.0491. The predicted octanol–water partition coefficient (Wildman–Crippen LogP) is 15.7. The summed E-state index contributed by atoms with van der Waals surface area (Å²) in [6.45, 7) is 7.06. The van der Waals surface area contributed by atoms with Gasteiger partial charge < -0.3 is 4.90 Å². The van der Waals surface area contributed by atoms with Crippen molar-refractivity contribution in [1.29, 1.82) is 0 Å². The van der Waals surface area contributed by atoms with Gasteiger partial charge in [-0.25, -0.2) is 0 Å². The topological polar surface area (TPSA) is 3.24 Å². The van der Waals surface area contributed by atoms with E-state index in [1.54, 1.807) is 0 Å². The molecule has 0 atom stereocenters. The zero-order chi connectivity index (χ0) is 39.3. The zero-order valence-corrected chi connectivity index (χ0v) is 34.0. The van der Waals surface area contributed by atoms with Crippen molar-refractivity contribution in [3.8, 4) is 22.3 Å². The first-order chi connectivity index (χ1) is 28.4. The number of nitrogens with zero attached hydrogens (tertiary/aromatic N) is 1. The Labute approximate surface area is 344 Å². The van der Waals surface area contributed by atoms with Crippen LogP contribution in [0.4, 0.5) is 17.1 Å². The molecule has 284 valence electrons. The van der Waals surface area contributed by atoms with Gasteiger partial charge in [0.05, 0.1) is 11.1 Å². The molecule has 2 aliphatic rings. The van der Waals surface area contributed by atoms with Gasteiger partial charge in [0, 0.05) is 16.9 Å². The Balaban J connectivity index is 1.28. The summed E-state index contributed by atoms with van der Waals surface area (Å²) >= 11 is 0. The van der Waals surface area contributed by atoms with Gasteiger partial charge in [-0.3, -0.25) is 0 Å². The van der Waals surface area contributed by atoms with Crippen LogP contribution in [-0.2, 0) is 10.8 Å². The molecule has 0 radical (unpaired) electrons. The van der Waals surface area contributed by atoms with Crippen LogP contribution in [0, 0.1) is 0 Å². The standard InChI is InChI=1S/C57H51N/c1-56(2,3)51-29-18-30-52-55(51)49-36-35-48(39-53(49)57(52,45-25-12-6-13-26-45)46-27-14-7-15-28-46)58(47-33-31-41(32-34-47)40-19-8-4-9-20-40)54-38-44-24-17-16-23-43(44)37-50(54)42-21-10-5-11-22-42/h5-7,10-18,21-40H,4,8-9,19-20H2,1-3H3. The molecule has 1 heteroatoms. The zero-order valence-electron chi connectivity index (χ0n) is 34.0. The van der Waals surface area contributed by atoms with Crippen molar-refractivity contribution >= 4 is 27.8 Å². The molecular formula is C57H51N. The van der Waals surface area contributed by atoms with E-state index in [1.807, 2.05) is 0 Å². The van der Waals surface area contributed by atoms with Crippen LogP contribution in [0.5, 0.6) is 0 Å². The third-order valence-electron chi connectivity index (χ3n) is 13.0. The van der Waals surface area contributed by atoms with Crippen molar-refractivity contribution in [3.05, 3.63) is 221 Å². The summed E-state index contributed by atoms with van der Waals surface area (Å²) in [7, 11) is 0.